The minimum atomic E-state index is -4.68. The summed E-state index contributed by atoms with van der Waals surface area (Å²) in [5.74, 6) is 0. The summed E-state index contributed by atoms with van der Waals surface area (Å²) in [5.41, 5.74) is 2.97. The van der Waals surface area contributed by atoms with Crippen LogP contribution in [-0.2, 0) is 18.9 Å². The Labute approximate surface area is 109 Å². The number of pyridine rings is 1. The van der Waals surface area contributed by atoms with Crippen LogP contribution in [0.15, 0.2) is 24.3 Å². The first-order valence-electron chi connectivity index (χ1n) is 5.41. The van der Waals surface area contributed by atoms with Crippen molar-refractivity contribution in [3.63, 3.8) is 0 Å². The Kier molecular flexibility index (Phi) is 3.37. The molecule has 0 atom stereocenters. The molecule has 0 aliphatic heterocycles. The van der Waals surface area contributed by atoms with E-state index in [-0.39, 0.29) is 23.0 Å². The third-order valence-electron chi connectivity index (χ3n) is 2.73. The maximum atomic E-state index is 12.6. The lowest BCUT2D eigenvalue weighted by atomic mass is 10.0. The highest BCUT2D eigenvalue weighted by molar-refractivity contribution is 5.83. The number of hydrogen-bond acceptors (Lipinski definition) is 2. The molecule has 0 aliphatic carbocycles. The van der Waals surface area contributed by atoms with Crippen molar-refractivity contribution in [1.29, 1.82) is 0 Å². The second-order valence-corrected chi connectivity index (χ2v) is 4.10. The lowest BCUT2D eigenvalue weighted by Gasteiger charge is -2.13. The number of halogens is 6. The number of hydrogen-bond donors (Lipinski definition) is 1. The fourth-order valence-corrected chi connectivity index (χ4v) is 1.79. The maximum absolute atomic E-state index is 12.6. The molecule has 108 valence electrons. The van der Waals surface area contributed by atoms with Gasteiger partial charge in [0.05, 0.1) is 11.1 Å². The fraction of sp³-hybridized carbons (Fsp3) is 0.250. The van der Waals surface area contributed by atoms with Crippen LogP contribution in [0, 0.1) is 0 Å². The Morgan fingerprint density at radius 3 is 2.10 bits per heavy atom. The number of aromatic nitrogens is 1. The first kappa shape index (κ1) is 14.6. The van der Waals surface area contributed by atoms with E-state index in [4.69, 9.17) is 5.73 Å². The summed E-state index contributed by atoms with van der Waals surface area (Å²) >= 11 is 0. The van der Waals surface area contributed by atoms with Gasteiger partial charge in [-0.25, -0.2) is 4.98 Å². The van der Waals surface area contributed by atoms with Gasteiger partial charge in [0.25, 0.3) is 0 Å². The molecule has 2 nitrogen and oxygen atoms in total. The van der Waals surface area contributed by atoms with E-state index < -0.39 is 23.6 Å². The van der Waals surface area contributed by atoms with Crippen molar-refractivity contribution < 1.29 is 26.3 Å². The molecule has 1 aromatic heterocycles. The molecule has 0 amide bonds. The van der Waals surface area contributed by atoms with Crippen LogP contribution in [-0.4, -0.2) is 4.98 Å². The lowest BCUT2D eigenvalue weighted by Crippen LogP contribution is -2.11. The minimum absolute atomic E-state index is 0.0321. The SMILES string of the molecule is NCc1cc(C(F)(F)F)nc2ccc(C(F)(F)F)cc12. The highest BCUT2D eigenvalue weighted by Gasteiger charge is 2.34. The largest absolute Gasteiger partial charge is 0.433 e. The maximum Gasteiger partial charge on any atom is 0.433 e. The van der Waals surface area contributed by atoms with E-state index in [1.807, 2.05) is 0 Å². The molecule has 2 N–H and O–H groups in total. The Hall–Kier alpha value is -1.83. The highest BCUT2D eigenvalue weighted by atomic mass is 19.4. The first-order chi connectivity index (χ1) is 9.13. The van der Waals surface area contributed by atoms with Gasteiger partial charge in [0.2, 0.25) is 0 Å². The second-order valence-electron chi connectivity index (χ2n) is 4.10. The topological polar surface area (TPSA) is 38.9 Å². The smallest absolute Gasteiger partial charge is 0.326 e. The standard InChI is InChI=1S/C12H8F6N2/c13-11(14,15)7-1-2-9-8(4-7)6(5-19)3-10(20-9)12(16,17)18/h1-4H,5,19H2. The molecule has 0 radical (unpaired) electrons. The molecule has 1 heterocycles. The van der Waals surface area contributed by atoms with Crippen molar-refractivity contribution >= 4 is 10.9 Å². The van der Waals surface area contributed by atoms with Crippen molar-refractivity contribution in [2.45, 2.75) is 18.9 Å². The molecule has 0 saturated carbocycles. The van der Waals surface area contributed by atoms with Crippen LogP contribution in [0.2, 0.25) is 0 Å². The second kappa shape index (κ2) is 4.62. The van der Waals surface area contributed by atoms with Crippen LogP contribution in [0.25, 0.3) is 10.9 Å². The third kappa shape index (κ3) is 2.69. The molecule has 1 aromatic carbocycles. The van der Waals surface area contributed by atoms with Crippen molar-refractivity contribution in [3.05, 3.63) is 41.1 Å². The van der Waals surface area contributed by atoms with Crippen LogP contribution < -0.4 is 5.73 Å². The van der Waals surface area contributed by atoms with Gasteiger partial charge in [-0.2, -0.15) is 26.3 Å². The molecule has 0 unspecified atom stereocenters. The predicted molar refractivity (Wildman–Crippen MR) is 59.6 cm³/mol. The molecule has 0 fully saturated rings. The van der Waals surface area contributed by atoms with Gasteiger partial charge < -0.3 is 5.73 Å². The van der Waals surface area contributed by atoms with Gasteiger partial charge in [-0.15, -0.1) is 0 Å². The molecular weight excluding hydrogens is 286 g/mol. The van der Waals surface area contributed by atoms with Crippen molar-refractivity contribution in [2.24, 2.45) is 5.73 Å². The zero-order valence-electron chi connectivity index (χ0n) is 9.81. The molecule has 0 saturated heterocycles. The van der Waals surface area contributed by atoms with Gasteiger partial charge in [0.1, 0.15) is 5.69 Å². The van der Waals surface area contributed by atoms with Crippen LogP contribution >= 0.6 is 0 Å². The van der Waals surface area contributed by atoms with Gasteiger partial charge >= 0.3 is 12.4 Å². The number of benzene rings is 1. The van der Waals surface area contributed by atoms with Crippen LogP contribution in [0.3, 0.4) is 0 Å². The Bertz CT molecular complexity index is 645. The molecule has 0 aliphatic rings. The molecule has 0 spiro atoms. The summed E-state index contributed by atoms with van der Waals surface area (Å²) in [7, 11) is 0. The van der Waals surface area contributed by atoms with E-state index in [0.717, 1.165) is 12.1 Å². The third-order valence-corrected chi connectivity index (χ3v) is 2.73. The van der Waals surface area contributed by atoms with Crippen molar-refractivity contribution in [3.8, 4) is 0 Å². The molecule has 0 bridgehead atoms. The van der Waals surface area contributed by atoms with Crippen molar-refractivity contribution in [1.82, 2.24) is 4.98 Å². The van der Waals surface area contributed by atoms with Gasteiger partial charge in [-0.3, -0.25) is 0 Å². The van der Waals surface area contributed by atoms with Gasteiger partial charge in [-0.1, -0.05) is 0 Å². The molecule has 8 heteroatoms. The van der Waals surface area contributed by atoms with E-state index in [0.29, 0.717) is 12.1 Å². The van der Waals surface area contributed by atoms with Crippen LogP contribution in [0.4, 0.5) is 26.3 Å². The lowest BCUT2D eigenvalue weighted by molar-refractivity contribution is -0.141. The zero-order valence-corrected chi connectivity index (χ0v) is 9.81. The van der Waals surface area contributed by atoms with E-state index in [1.165, 1.54) is 0 Å². The monoisotopic (exact) mass is 294 g/mol. The average molecular weight is 294 g/mol. The fourth-order valence-electron chi connectivity index (χ4n) is 1.79. The van der Waals surface area contributed by atoms with E-state index in [9.17, 15) is 26.3 Å². The molecule has 2 rings (SSSR count). The minimum Gasteiger partial charge on any atom is -0.326 e. The van der Waals surface area contributed by atoms with Crippen LogP contribution in [0.5, 0.6) is 0 Å². The summed E-state index contributed by atoms with van der Waals surface area (Å²) in [4.78, 5) is 3.33. The van der Waals surface area contributed by atoms with Crippen molar-refractivity contribution in [2.75, 3.05) is 0 Å². The Balaban J connectivity index is 2.71. The van der Waals surface area contributed by atoms with E-state index in [2.05, 4.69) is 4.98 Å². The molecular formula is C12H8F6N2. The van der Waals surface area contributed by atoms with Gasteiger partial charge in [0.15, 0.2) is 0 Å². The quantitative estimate of drug-likeness (QED) is 0.814. The number of nitrogens with two attached hydrogens (primary N) is 1. The summed E-state index contributed by atoms with van der Waals surface area (Å²) in [5, 5.41) is -0.0321. The van der Waals surface area contributed by atoms with E-state index >= 15 is 0 Å². The van der Waals surface area contributed by atoms with Gasteiger partial charge in [0, 0.05) is 11.9 Å². The number of fused-ring (bicyclic) bond motifs is 1. The number of rotatable bonds is 1. The Morgan fingerprint density at radius 1 is 0.950 bits per heavy atom. The van der Waals surface area contributed by atoms with Gasteiger partial charge in [-0.05, 0) is 29.8 Å². The average Bonchev–Trinajstić information content (AvgIpc) is 2.34. The summed E-state index contributed by atoms with van der Waals surface area (Å²) in [6.07, 6.45) is -9.26. The molecule has 20 heavy (non-hydrogen) atoms. The number of nitrogens with zero attached hydrogens (tertiary/aromatic N) is 1. The summed E-state index contributed by atoms with van der Waals surface area (Å²) in [6.45, 7) is -0.316. The summed E-state index contributed by atoms with van der Waals surface area (Å²) < 4.78 is 75.6. The zero-order chi connectivity index (χ0) is 15.1. The summed E-state index contributed by atoms with van der Waals surface area (Å²) in [6, 6.07) is 3.02. The van der Waals surface area contributed by atoms with Crippen LogP contribution in [0.1, 0.15) is 16.8 Å². The molecule has 2 aromatic rings. The Morgan fingerprint density at radius 2 is 1.60 bits per heavy atom. The number of alkyl halides is 6. The normalized spacial score (nSPS) is 12.9. The highest BCUT2D eigenvalue weighted by Crippen LogP contribution is 2.34. The first-order valence-corrected chi connectivity index (χ1v) is 5.41. The van der Waals surface area contributed by atoms with E-state index in [1.54, 1.807) is 0 Å². The predicted octanol–water partition coefficient (Wildman–Crippen LogP) is 3.73.